The SMILES string of the molecule is Cc1ccc(S(=O)(=O)Cc2noc(CCC(=O)Nc3cccc(F)c3)n2)cc1. The number of nitrogens with zero attached hydrogens (tertiary/aromatic N) is 2. The minimum Gasteiger partial charge on any atom is -0.339 e. The van der Waals surface area contributed by atoms with Crippen molar-refractivity contribution >= 4 is 21.4 Å². The van der Waals surface area contributed by atoms with Crippen molar-refractivity contribution < 1.29 is 22.1 Å². The van der Waals surface area contributed by atoms with E-state index in [2.05, 4.69) is 15.5 Å². The van der Waals surface area contributed by atoms with Crippen LogP contribution in [-0.4, -0.2) is 24.5 Å². The van der Waals surface area contributed by atoms with Gasteiger partial charge in [-0.05, 0) is 37.3 Å². The van der Waals surface area contributed by atoms with Gasteiger partial charge in [-0.3, -0.25) is 4.79 Å². The van der Waals surface area contributed by atoms with Gasteiger partial charge in [-0.1, -0.05) is 28.9 Å². The highest BCUT2D eigenvalue weighted by Gasteiger charge is 2.19. The quantitative estimate of drug-likeness (QED) is 0.650. The van der Waals surface area contributed by atoms with Crippen molar-refractivity contribution in [2.45, 2.75) is 30.4 Å². The Morgan fingerprint density at radius 3 is 2.64 bits per heavy atom. The van der Waals surface area contributed by atoms with E-state index in [0.29, 0.717) is 5.69 Å². The third-order valence-electron chi connectivity index (χ3n) is 3.88. The van der Waals surface area contributed by atoms with Crippen molar-refractivity contribution in [3.8, 4) is 0 Å². The molecule has 0 aliphatic heterocycles. The Bertz CT molecular complexity index is 1080. The fraction of sp³-hybridized carbons (Fsp3) is 0.211. The molecular formula is C19H18FN3O4S. The molecule has 0 saturated heterocycles. The molecule has 28 heavy (non-hydrogen) atoms. The number of benzene rings is 2. The van der Waals surface area contributed by atoms with Crippen molar-refractivity contribution in [1.82, 2.24) is 10.1 Å². The molecule has 1 N–H and O–H groups in total. The molecule has 0 aliphatic carbocycles. The summed E-state index contributed by atoms with van der Waals surface area (Å²) in [4.78, 5) is 16.1. The normalized spacial score (nSPS) is 11.4. The first-order valence-corrected chi connectivity index (χ1v) is 10.1. The summed E-state index contributed by atoms with van der Waals surface area (Å²) in [7, 11) is -3.59. The van der Waals surface area contributed by atoms with Gasteiger partial charge in [-0.2, -0.15) is 4.98 Å². The Labute approximate surface area is 161 Å². The van der Waals surface area contributed by atoms with Crippen LogP contribution in [0.1, 0.15) is 23.7 Å². The molecule has 0 aliphatic rings. The second kappa shape index (κ2) is 8.30. The van der Waals surface area contributed by atoms with E-state index in [1.165, 1.54) is 30.3 Å². The van der Waals surface area contributed by atoms with E-state index < -0.39 is 21.4 Å². The van der Waals surface area contributed by atoms with Gasteiger partial charge in [0.25, 0.3) is 0 Å². The number of carbonyl (C=O) groups is 1. The van der Waals surface area contributed by atoms with E-state index in [9.17, 15) is 17.6 Å². The van der Waals surface area contributed by atoms with Crippen LogP contribution in [0.15, 0.2) is 57.9 Å². The van der Waals surface area contributed by atoms with Gasteiger partial charge in [0.1, 0.15) is 11.6 Å². The Kier molecular flexibility index (Phi) is 5.84. The average Bonchev–Trinajstić information content (AvgIpc) is 3.07. The van der Waals surface area contributed by atoms with Crippen molar-refractivity contribution in [2.75, 3.05) is 5.32 Å². The summed E-state index contributed by atoms with van der Waals surface area (Å²) in [6.07, 6.45) is 0.168. The largest absolute Gasteiger partial charge is 0.339 e. The second-order valence-electron chi connectivity index (χ2n) is 6.24. The van der Waals surface area contributed by atoms with Gasteiger partial charge in [0.2, 0.25) is 11.8 Å². The van der Waals surface area contributed by atoms with Crippen LogP contribution in [-0.2, 0) is 26.8 Å². The van der Waals surface area contributed by atoms with E-state index in [-0.39, 0.29) is 35.4 Å². The lowest BCUT2D eigenvalue weighted by Gasteiger charge is -2.03. The van der Waals surface area contributed by atoms with E-state index in [4.69, 9.17) is 4.52 Å². The van der Waals surface area contributed by atoms with Crippen molar-refractivity contribution in [2.24, 2.45) is 0 Å². The molecule has 0 spiro atoms. The van der Waals surface area contributed by atoms with Crippen molar-refractivity contribution in [1.29, 1.82) is 0 Å². The number of sulfone groups is 1. The highest BCUT2D eigenvalue weighted by atomic mass is 32.2. The van der Waals surface area contributed by atoms with Crippen LogP contribution in [0.4, 0.5) is 10.1 Å². The zero-order chi connectivity index (χ0) is 20.1. The molecule has 0 unspecified atom stereocenters. The molecule has 9 heteroatoms. The molecule has 2 aromatic carbocycles. The molecule has 0 radical (unpaired) electrons. The summed E-state index contributed by atoms with van der Waals surface area (Å²) < 4.78 is 42.9. The van der Waals surface area contributed by atoms with Gasteiger partial charge in [0, 0.05) is 18.5 Å². The molecule has 1 amide bonds. The predicted octanol–water partition coefficient (Wildman–Crippen LogP) is 3.06. The molecular weight excluding hydrogens is 385 g/mol. The number of carbonyl (C=O) groups excluding carboxylic acids is 1. The maximum atomic E-state index is 13.1. The fourth-order valence-electron chi connectivity index (χ4n) is 2.46. The monoisotopic (exact) mass is 403 g/mol. The number of nitrogens with one attached hydrogen (secondary N) is 1. The van der Waals surface area contributed by atoms with Crippen LogP contribution in [0.2, 0.25) is 0 Å². The van der Waals surface area contributed by atoms with Crippen LogP contribution >= 0.6 is 0 Å². The van der Waals surface area contributed by atoms with Crippen LogP contribution in [0.5, 0.6) is 0 Å². The van der Waals surface area contributed by atoms with Gasteiger partial charge in [0.15, 0.2) is 15.7 Å². The molecule has 0 bridgehead atoms. The smallest absolute Gasteiger partial charge is 0.227 e. The summed E-state index contributed by atoms with van der Waals surface area (Å²) in [6.45, 7) is 1.87. The van der Waals surface area contributed by atoms with Gasteiger partial charge in [-0.25, -0.2) is 12.8 Å². The van der Waals surface area contributed by atoms with E-state index >= 15 is 0 Å². The van der Waals surface area contributed by atoms with Gasteiger partial charge in [0.05, 0.1) is 4.90 Å². The van der Waals surface area contributed by atoms with Crippen LogP contribution < -0.4 is 5.32 Å². The Balaban J connectivity index is 1.56. The number of rotatable bonds is 7. The first-order chi connectivity index (χ1) is 13.3. The summed E-state index contributed by atoms with van der Waals surface area (Å²) in [6, 6.07) is 12.0. The Morgan fingerprint density at radius 1 is 1.18 bits per heavy atom. The Hall–Kier alpha value is -3.07. The minimum atomic E-state index is -3.59. The number of anilines is 1. The molecule has 0 fully saturated rings. The highest BCUT2D eigenvalue weighted by molar-refractivity contribution is 7.90. The van der Waals surface area contributed by atoms with E-state index in [0.717, 1.165) is 5.56 Å². The van der Waals surface area contributed by atoms with Gasteiger partial charge in [-0.15, -0.1) is 0 Å². The summed E-state index contributed by atoms with van der Waals surface area (Å²) in [5.74, 6) is -1.01. The lowest BCUT2D eigenvalue weighted by atomic mass is 10.2. The zero-order valence-electron chi connectivity index (χ0n) is 15.1. The molecule has 146 valence electrons. The molecule has 3 aromatic rings. The lowest BCUT2D eigenvalue weighted by molar-refractivity contribution is -0.116. The van der Waals surface area contributed by atoms with Crippen LogP contribution in [0.3, 0.4) is 0 Å². The third kappa shape index (κ3) is 5.23. The molecule has 3 rings (SSSR count). The first kappa shape index (κ1) is 19.7. The Morgan fingerprint density at radius 2 is 1.93 bits per heavy atom. The third-order valence-corrected chi connectivity index (χ3v) is 5.51. The highest BCUT2D eigenvalue weighted by Crippen LogP contribution is 2.16. The summed E-state index contributed by atoms with van der Waals surface area (Å²) in [5, 5.41) is 6.23. The molecule has 1 heterocycles. The number of aryl methyl sites for hydroxylation is 2. The maximum Gasteiger partial charge on any atom is 0.227 e. The number of hydrogen-bond acceptors (Lipinski definition) is 6. The van der Waals surface area contributed by atoms with Crippen LogP contribution in [0, 0.1) is 12.7 Å². The first-order valence-electron chi connectivity index (χ1n) is 8.48. The minimum absolute atomic E-state index is 0.0288. The predicted molar refractivity (Wildman–Crippen MR) is 99.7 cm³/mol. The molecule has 0 atom stereocenters. The van der Waals surface area contributed by atoms with Crippen LogP contribution in [0.25, 0.3) is 0 Å². The van der Waals surface area contributed by atoms with Gasteiger partial charge < -0.3 is 9.84 Å². The van der Waals surface area contributed by atoms with Crippen molar-refractivity contribution in [3.05, 3.63) is 71.6 Å². The number of halogens is 1. The van der Waals surface area contributed by atoms with Crippen molar-refractivity contribution in [3.63, 3.8) is 0 Å². The zero-order valence-corrected chi connectivity index (χ0v) is 15.9. The van der Waals surface area contributed by atoms with Gasteiger partial charge >= 0.3 is 0 Å². The standard InChI is InChI=1S/C19H18FN3O4S/c1-13-5-7-16(8-6-13)28(25,26)12-17-22-19(27-23-17)10-9-18(24)21-15-4-2-3-14(20)11-15/h2-8,11H,9-10,12H2,1H3,(H,21,24). The lowest BCUT2D eigenvalue weighted by Crippen LogP contribution is -2.12. The van der Waals surface area contributed by atoms with E-state index in [1.54, 1.807) is 18.2 Å². The average molecular weight is 403 g/mol. The number of amides is 1. The maximum absolute atomic E-state index is 13.1. The number of hydrogen-bond donors (Lipinski definition) is 1. The van der Waals surface area contributed by atoms with E-state index in [1.807, 2.05) is 6.92 Å². The number of aromatic nitrogens is 2. The summed E-state index contributed by atoms with van der Waals surface area (Å²) >= 11 is 0. The second-order valence-corrected chi connectivity index (χ2v) is 8.22. The topological polar surface area (TPSA) is 102 Å². The molecule has 1 aromatic heterocycles. The molecule has 0 saturated carbocycles. The fourth-order valence-corrected chi connectivity index (χ4v) is 3.63. The molecule has 7 nitrogen and oxygen atoms in total. The summed E-state index contributed by atoms with van der Waals surface area (Å²) in [5.41, 5.74) is 1.30.